The van der Waals surface area contributed by atoms with E-state index in [1.807, 2.05) is 0 Å². The molecule has 0 aliphatic rings. The molecule has 0 aromatic carbocycles. The molecule has 23 heavy (non-hydrogen) atoms. The molecule has 0 spiro atoms. The molecule has 9 heteroatoms. The molecule has 0 radical (unpaired) electrons. The Labute approximate surface area is 149 Å². The Morgan fingerprint density at radius 2 is 1.00 bits per heavy atom. The van der Waals surface area contributed by atoms with E-state index < -0.39 is 40.7 Å². The monoisotopic (exact) mass is 413 g/mol. The Balaban J connectivity index is 5.35. The van der Waals surface area contributed by atoms with E-state index in [-0.39, 0.29) is 0 Å². The maximum atomic E-state index is 13.4. The Morgan fingerprint density at radius 3 is 1.22 bits per heavy atom. The van der Waals surface area contributed by atoms with Crippen LogP contribution in [0.5, 0.6) is 0 Å². The van der Waals surface area contributed by atoms with Crippen molar-refractivity contribution in [2.75, 3.05) is 12.7 Å². The van der Waals surface area contributed by atoms with Crippen molar-refractivity contribution >= 4 is 40.7 Å². The van der Waals surface area contributed by atoms with Crippen LogP contribution in [0.1, 0.15) is 0 Å². The number of hydrogen-bond acceptors (Lipinski definition) is 4. The minimum Gasteiger partial charge on any atom is -0.352 e. The van der Waals surface area contributed by atoms with Crippen LogP contribution in [-0.4, -0.2) is 50.0 Å². The van der Waals surface area contributed by atoms with Gasteiger partial charge in [0.25, 0.3) is 0 Å². The topological polar surface area (TPSA) is 38.8 Å². The highest BCUT2D eigenvalue weighted by Gasteiger charge is 2.40. The second-order valence-electron chi connectivity index (χ2n) is 10.2. The summed E-state index contributed by atoms with van der Waals surface area (Å²) in [5, 5.41) is 0. The largest absolute Gasteiger partial charge is 0.352 e. The summed E-state index contributed by atoms with van der Waals surface area (Å²) < 4.78 is 28.3. The molecular weight excluding hydrogens is 373 g/mol. The third-order valence-electron chi connectivity index (χ3n) is 3.04. The first-order valence-corrected chi connectivity index (χ1v) is 24.0. The first-order chi connectivity index (χ1) is 9.75. The van der Waals surface area contributed by atoms with Gasteiger partial charge >= 0.3 is 7.60 Å². The summed E-state index contributed by atoms with van der Waals surface area (Å²) in [7, 11) is -9.77. The van der Waals surface area contributed by atoms with Gasteiger partial charge in [0.2, 0.25) is 0 Å². The average molecular weight is 414 g/mol. The molecule has 0 aliphatic carbocycles. The Kier molecular flexibility index (Phi) is 8.02. The van der Waals surface area contributed by atoms with Crippen molar-refractivity contribution < 1.29 is 13.0 Å². The van der Waals surface area contributed by atoms with Gasteiger partial charge < -0.3 is 12.7 Å². The molecule has 0 bridgehead atoms. The molecule has 0 rings (SSSR count). The van der Waals surface area contributed by atoms with E-state index in [1.54, 1.807) is 0 Å². The van der Waals surface area contributed by atoms with Gasteiger partial charge in [0, 0.05) is 0 Å². The molecule has 0 unspecified atom stereocenters. The highest BCUT2D eigenvalue weighted by Crippen LogP contribution is 2.53. The SMILES string of the molecule is C[Si](C)(C)OP(=O)(CCN([Si](C)(C)C)[Si](C)(C)C)O[Si](C)(C)C. The maximum absolute atomic E-state index is 13.4. The molecule has 0 saturated heterocycles. The predicted octanol–water partition coefficient (Wildman–Crippen LogP) is 5.85. The molecule has 0 amide bonds. The maximum Gasteiger partial charge on any atom is 0.312 e. The third kappa shape index (κ3) is 10.5. The van der Waals surface area contributed by atoms with Gasteiger partial charge in [0.1, 0.15) is 16.5 Å². The van der Waals surface area contributed by atoms with Crippen LogP contribution in [0.4, 0.5) is 0 Å². The first kappa shape index (κ1) is 24.0. The number of rotatable bonds is 9. The fourth-order valence-electron chi connectivity index (χ4n) is 2.84. The summed E-state index contributed by atoms with van der Waals surface area (Å²) in [6.45, 7) is 27.6. The van der Waals surface area contributed by atoms with Gasteiger partial charge in [-0.05, 0) is 45.8 Å². The highest BCUT2D eigenvalue weighted by molar-refractivity contribution is 7.57. The number of nitrogens with zero attached hydrogens (tertiary/aromatic N) is 1. The van der Waals surface area contributed by atoms with E-state index >= 15 is 0 Å². The third-order valence-corrected chi connectivity index (χ3v) is 18.1. The minimum absolute atomic E-state index is 0.524. The zero-order valence-electron chi connectivity index (χ0n) is 17.5. The van der Waals surface area contributed by atoms with Gasteiger partial charge in [-0.25, -0.2) is 0 Å². The van der Waals surface area contributed by atoms with Crippen LogP contribution in [0.2, 0.25) is 78.6 Å². The fourth-order valence-corrected chi connectivity index (χ4v) is 21.2. The lowest BCUT2D eigenvalue weighted by Crippen LogP contribution is -2.59. The molecule has 0 N–H and O–H groups in total. The Bertz CT molecular complexity index is 399. The van der Waals surface area contributed by atoms with Crippen LogP contribution in [0, 0.1) is 0 Å². The van der Waals surface area contributed by atoms with Crippen LogP contribution in [0.25, 0.3) is 0 Å². The standard InChI is InChI=1S/C14H40NO3PSi4/c1-20(2,3)15(21(4,5)6)13-14-19(16,17-22(7,8)9)18-23(10,11)12/h13-14H2,1-12H3. The summed E-state index contributed by atoms with van der Waals surface area (Å²) in [5.74, 6) is 0. The second kappa shape index (κ2) is 7.69. The summed E-state index contributed by atoms with van der Waals surface area (Å²) in [6, 6.07) is 0. The van der Waals surface area contributed by atoms with Crippen molar-refractivity contribution in [3.63, 3.8) is 0 Å². The smallest absolute Gasteiger partial charge is 0.312 e. The molecule has 4 nitrogen and oxygen atoms in total. The summed E-state index contributed by atoms with van der Waals surface area (Å²) in [6.07, 6.45) is 0.524. The van der Waals surface area contributed by atoms with Gasteiger partial charge in [0.05, 0.1) is 6.16 Å². The molecule has 0 aromatic heterocycles. The van der Waals surface area contributed by atoms with E-state index in [0.717, 1.165) is 6.54 Å². The molecule has 0 aromatic rings. The average Bonchev–Trinajstić information content (AvgIpc) is 2.04. The molecule has 140 valence electrons. The van der Waals surface area contributed by atoms with Crippen molar-refractivity contribution in [1.29, 1.82) is 0 Å². The second-order valence-corrected chi connectivity index (χ2v) is 32.0. The first-order valence-electron chi connectivity index (χ1n) is 8.54. The fraction of sp³-hybridized carbons (Fsp3) is 1.00. The van der Waals surface area contributed by atoms with E-state index in [0.29, 0.717) is 6.16 Å². The van der Waals surface area contributed by atoms with Crippen LogP contribution in [0.3, 0.4) is 0 Å². The lowest BCUT2D eigenvalue weighted by molar-refractivity contribution is 0.380. The zero-order chi connectivity index (χ0) is 18.9. The van der Waals surface area contributed by atoms with Crippen molar-refractivity contribution in [3.05, 3.63) is 0 Å². The Hall–Kier alpha value is 0.978. The molecule has 0 aliphatic heterocycles. The van der Waals surface area contributed by atoms with Crippen LogP contribution in [0.15, 0.2) is 0 Å². The highest BCUT2D eigenvalue weighted by atomic mass is 31.2. The molecule has 0 heterocycles. The minimum atomic E-state index is -3.03. The van der Waals surface area contributed by atoms with E-state index in [2.05, 4.69) is 82.8 Å². The molecular formula is C14H40NO3PSi4. The van der Waals surface area contributed by atoms with E-state index in [1.165, 1.54) is 0 Å². The van der Waals surface area contributed by atoms with E-state index in [4.69, 9.17) is 8.43 Å². The lowest BCUT2D eigenvalue weighted by Gasteiger charge is -2.44. The van der Waals surface area contributed by atoms with Gasteiger partial charge in [0.15, 0.2) is 16.6 Å². The van der Waals surface area contributed by atoms with Gasteiger partial charge in [-0.2, -0.15) is 0 Å². The van der Waals surface area contributed by atoms with Gasteiger partial charge in [-0.15, -0.1) is 0 Å². The van der Waals surface area contributed by atoms with Crippen molar-refractivity contribution in [3.8, 4) is 0 Å². The van der Waals surface area contributed by atoms with Crippen LogP contribution in [-0.2, 0) is 13.0 Å². The quantitative estimate of drug-likeness (QED) is 0.351. The lowest BCUT2D eigenvalue weighted by atomic mass is 10.8. The van der Waals surface area contributed by atoms with Crippen LogP contribution >= 0.6 is 7.60 Å². The summed E-state index contributed by atoms with van der Waals surface area (Å²) >= 11 is 0. The summed E-state index contributed by atoms with van der Waals surface area (Å²) in [5.41, 5.74) is 0. The van der Waals surface area contributed by atoms with Crippen molar-refractivity contribution in [2.24, 2.45) is 0 Å². The predicted molar refractivity (Wildman–Crippen MR) is 115 cm³/mol. The van der Waals surface area contributed by atoms with E-state index in [9.17, 15) is 4.57 Å². The van der Waals surface area contributed by atoms with Gasteiger partial charge in [-0.3, -0.25) is 4.57 Å². The number of hydrogen-bond donors (Lipinski definition) is 0. The molecule has 0 fully saturated rings. The molecule has 0 atom stereocenters. The van der Waals surface area contributed by atoms with Gasteiger partial charge in [-0.1, -0.05) is 39.3 Å². The normalized spacial score (nSPS) is 15.3. The van der Waals surface area contributed by atoms with Crippen molar-refractivity contribution in [2.45, 2.75) is 78.6 Å². The molecule has 0 saturated carbocycles. The van der Waals surface area contributed by atoms with Crippen LogP contribution < -0.4 is 0 Å². The van der Waals surface area contributed by atoms with Crippen molar-refractivity contribution in [1.82, 2.24) is 4.23 Å². The Morgan fingerprint density at radius 1 is 0.696 bits per heavy atom. The zero-order valence-corrected chi connectivity index (χ0v) is 22.4. The summed E-state index contributed by atoms with van der Waals surface area (Å²) in [4.78, 5) is 0.